The Morgan fingerprint density at radius 2 is 2.10 bits per heavy atom. The van der Waals surface area contributed by atoms with E-state index in [1.54, 1.807) is 4.68 Å². The highest BCUT2D eigenvalue weighted by Crippen LogP contribution is 2.23. The number of aromatic nitrogens is 2. The molecule has 4 heteroatoms. The predicted molar refractivity (Wildman–Crippen MR) is 78.6 cm³/mol. The number of likely N-dealkylation sites (tertiary alicyclic amines) is 1. The summed E-state index contributed by atoms with van der Waals surface area (Å²) in [5.74, 6) is 0.880. The van der Waals surface area contributed by atoms with Gasteiger partial charge in [-0.1, -0.05) is 0 Å². The molecule has 0 bridgehead atoms. The largest absolute Gasteiger partial charge is 0.492 e. The molecular weight excluding hydrogens is 250 g/mol. The summed E-state index contributed by atoms with van der Waals surface area (Å²) in [5.41, 5.74) is 2.19. The zero-order chi connectivity index (χ0) is 13.8. The third kappa shape index (κ3) is 3.20. The van der Waals surface area contributed by atoms with Gasteiger partial charge >= 0.3 is 0 Å². The van der Waals surface area contributed by atoms with E-state index in [-0.39, 0.29) is 0 Å². The van der Waals surface area contributed by atoms with Crippen LogP contribution in [0.25, 0.3) is 11.1 Å². The second-order valence-electron chi connectivity index (χ2n) is 5.26. The summed E-state index contributed by atoms with van der Waals surface area (Å²) in [6.45, 7) is 4.18. The Kier molecular flexibility index (Phi) is 4.02. The summed E-state index contributed by atoms with van der Waals surface area (Å²) >= 11 is 0. The highest BCUT2D eigenvalue weighted by molar-refractivity contribution is 5.63. The van der Waals surface area contributed by atoms with Gasteiger partial charge in [0.2, 0.25) is 0 Å². The molecule has 1 saturated heterocycles. The first-order valence-corrected chi connectivity index (χ1v) is 7.16. The van der Waals surface area contributed by atoms with Crippen LogP contribution in [0.3, 0.4) is 0 Å². The van der Waals surface area contributed by atoms with Crippen LogP contribution in [0.1, 0.15) is 12.8 Å². The summed E-state index contributed by atoms with van der Waals surface area (Å²) in [7, 11) is 1.92. The maximum absolute atomic E-state index is 5.84. The maximum atomic E-state index is 5.84. The number of ether oxygens (including phenoxy) is 1. The van der Waals surface area contributed by atoms with Crippen molar-refractivity contribution in [3.05, 3.63) is 36.7 Å². The van der Waals surface area contributed by atoms with Crippen LogP contribution in [0, 0.1) is 6.07 Å². The number of benzene rings is 1. The van der Waals surface area contributed by atoms with E-state index in [4.69, 9.17) is 4.74 Å². The monoisotopic (exact) mass is 270 g/mol. The molecule has 1 aliphatic rings. The highest BCUT2D eigenvalue weighted by atomic mass is 16.5. The molecule has 0 amide bonds. The zero-order valence-electron chi connectivity index (χ0n) is 11.9. The molecule has 0 aliphatic carbocycles. The van der Waals surface area contributed by atoms with E-state index in [1.807, 2.05) is 31.6 Å². The third-order valence-corrected chi connectivity index (χ3v) is 3.68. The second kappa shape index (κ2) is 6.09. The van der Waals surface area contributed by atoms with Gasteiger partial charge in [-0.05, 0) is 55.8 Å². The topological polar surface area (TPSA) is 30.3 Å². The fourth-order valence-electron chi connectivity index (χ4n) is 2.57. The lowest BCUT2D eigenvalue weighted by Crippen LogP contribution is -2.25. The number of nitrogens with zero attached hydrogens (tertiary/aromatic N) is 3. The quantitative estimate of drug-likeness (QED) is 0.835. The van der Waals surface area contributed by atoms with Crippen molar-refractivity contribution in [2.24, 2.45) is 7.05 Å². The van der Waals surface area contributed by atoms with Gasteiger partial charge in [0.1, 0.15) is 12.4 Å². The number of hydrogen-bond acceptors (Lipinski definition) is 3. The first-order valence-electron chi connectivity index (χ1n) is 7.16. The van der Waals surface area contributed by atoms with Gasteiger partial charge in [0, 0.05) is 25.4 Å². The summed E-state index contributed by atoms with van der Waals surface area (Å²) < 4.78 is 7.64. The zero-order valence-corrected chi connectivity index (χ0v) is 11.9. The molecule has 20 heavy (non-hydrogen) atoms. The fraction of sp³-hybridized carbons (Fsp3) is 0.438. The minimum atomic E-state index is 0.740. The van der Waals surface area contributed by atoms with E-state index >= 15 is 0 Å². The Balaban J connectivity index is 1.59. The number of hydrogen-bond donors (Lipinski definition) is 0. The normalized spacial score (nSPS) is 15.7. The summed E-state index contributed by atoms with van der Waals surface area (Å²) in [6.07, 6.45) is 6.50. The molecule has 4 nitrogen and oxygen atoms in total. The van der Waals surface area contributed by atoms with E-state index in [2.05, 4.69) is 22.1 Å². The first-order chi connectivity index (χ1) is 9.81. The van der Waals surface area contributed by atoms with Gasteiger partial charge in [0.05, 0.1) is 6.20 Å². The minimum Gasteiger partial charge on any atom is -0.492 e. The van der Waals surface area contributed by atoms with Crippen LogP contribution in [0.2, 0.25) is 0 Å². The van der Waals surface area contributed by atoms with E-state index in [9.17, 15) is 0 Å². The van der Waals surface area contributed by atoms with Gasteiger partial charge in [-0.25, -0.2) is 0 Å². The van der Waals surface area contributed by atoms with Crippen molar-refractivity contribution >= 4 is 0 Å². The van der Waals surface area contributed by atoms with E-state index in [1.165, 1.54) is 25.9 Å². The smallest absolute Gasteiger partial charge is 0.120 e. The molecule has 2 heterocycles. The van der Waals surface area contributed by atoms with Crippen LogP contribution >= 0.6 is 0 Å². The standard InChI is InChI=1S/C16H20N3O/c1-18-13-15(12-17-18)14-5-4-6-16(11-14)20-10-9-19-7-2-3-8-19/h5-6,11-13H,2-3,7-10H2,1H3. The van der Waals surface area contributed by atoms with Crippen LogP contribution < -0.4 is 4.74 Å². The Hall–Kier alpha value is -1.81. The van der Waals surface area contributed by atoms with Gasteiger partial charge in [0.15, 0.2) is 0 Å². The Bertz CT molecular complexity index is 558. The van der Waals surface area contributed by atoms with Crippen molar-refractivity contribution in [2.45, 2.75) is 12.8 Å². The molecule has 105 valence electrons. The van der Waals surface area contributed by atoms with Gasteiger partial charge in [-0.2, -0.15) is 5.10 Å². The number of aryl methyl sites for hydroxylation is 1. The van der Waals surface area contributed by atoms with Gasteiger partial charge < -0.3 is 4.74 Å². The predicted octanol–water partition coefficient (Wildman–Crippen LogP) is 2.36. The molecular formula is C16H20N3O. The molecule has 1 aliphatic heterocycles. The average molecular weight is 270 g/mol. The molecule has 2 aromatic rings. The number of rotatable bonds is 5. The lowest BCUT2D eigenvalue weighted by molar-refractivity contribution is 0.238. The van der Waals surface area contributed by atoms with Crippen molar-refractivity contribution in [3.63, 3.8) is 0 Å². The minimum absolute atomic E-state index is 0.740. The van der Waals surface area contributed by atoms with E-state index in [0.717, 1.165) is 30.0 Å². The van der Waals surface area contributed by atoms with Crippen LogP contribution in [-0.2, 0) is 7.05 Å². The lowest BCUT2D eigenvalue weighted by atomic mass is 10.1. The highest BCUT2D eigenvalue weighted by Gasteiger charge is 2.10. The van der Waals surface area contributed by atoms with Gasteiger partial charge in [-0.15, -0.1) is 0 Å². The van der Waals surface area contributed by atoms with Crippen LogP contribution in [0.5, 0.6) is 5.75 Å². The molecule has 1 radical (unpaired) electrons. The molecule has 1 fully saturated rings. The van der Waals surface area contributed by atoms with Gasteiger partial charge in [0.25, 0.3) is 0 Å². The lowest BCUT2D eigenvalue weighted by Gasteiger charge is -2.15. The Morgan fingerprint density at radius 1 is 1.25 bits per heavy atom. The van der Waals surface area contributed by atoms with Crippen molar-refractivity contribution in [1.82, 2.24) is 14.7 Å². The van der Waals surface area contributed by atoms with Crippen molar-refractivity contribution < 1.29 is 4.74 Å². The molecule has 1 aromatic heterocycles. The molecule has 0 atom stereocenters. The first kappa shape index (κ1) is 13.2. The van der Waals surface area contributed by atoms with Crippen LogP contribution in [0.4, 0.5) is 0 Å². The van der Waals surface area contributed by atoms with Gasteiger partial charge in [-0.3, -0.25) is 9.58 Å². The summed E-state index contributed by atoms with van der Waals surface area (Å²) in [5, 5.41) is 4.19. The fourth-order valence-corrected chi connectivity index (χ4v) is 2.57. The average Bonchev–Trinajstić information content (AvgIpc) is 3.11. The molecule has 1 aromatic carbocycles. The SMILES string of the molecule is Cn1cc(-c2c[c]cc(OCCN3CCCC3)c2)cn1. The van der Waals surface area contributed by atoms with E-state index < -0.39 is 0 Å². The molecule has 0 N–H and O–H groups in total. The molecule has 0 saturated carbocycles. The molecule has 0 spiro atoms. The van der Waals surface area contributed by atoms with Crippen molar-refractivity contribution in [1.29, 1.82) is 0 Å². The van der Waals surface area contributed by atoms with Crippen molar-refractivity contribution in [2.75, 3.05) is 26.2 Å². The maximum Gasteiger partial charge on any atom is 0.120 e. The van der Waals surface area contributed by atoms with E-state index in [0.29, 0.717) is 0 Å². The second-order valence-corrected chi connectivity index (χ2v) is 5.26. The molecule has 0 unspecified atom stereocenters. The Labute approximate surface area is 120 Å². The molecule has 3 rings (SSSR count). The van der Waals surface area contributed by atoms with Crippen LogP contribution in [0.15, 0.2) is 30.6 Å². The summed E-state index contributed by atoms with van der Waals surface area (Å²) in [4.78, 5) is 2.45. The summed E-state index contributed by atoms with van der Waals surface area (Å²) in [6, 6.07) is 9.05. The van der Waals surface area contributed by atoms with Crippen molar-refractivity contribution in [3.8, 4) is 16.9 Å². The van der Waals surface area contributed by atoms with Crippen LogP contribution in [-0.4, -0.2) is 40.9 Å². The third-order valence-electron chi connectivity index (χ3n) is 3.68. The Morgan fingerprint density at radius 3 is 2.85 bits per heavy atom.